The van der Waals surface area contributed by atoms with Gasteiger partial charge in [-0.3, -0.25) is 4.90 Å². The Morgan fingerprint density at radius 1 is 1.00 bits per heavy atom. The van der Waals surface area contributed by atoms with Crippen molar-refractivity contribution in [2.75, 3.05) is 18.8 Å². The summed E-state index contributed by atoms with van der Waals surface area (Å²) in [4.78, 5) is 2.55. The maximum absolute atomic E-state index is 5.75. The highest BCUT2D eigenvalue weighted by molar-refractivity contribution is 5.68. The van der Waals surface area contributed by atoms with Gasteiger partial charge in [0.1, 0.15) is 0 Å². The molecule has 5 heteroatoms. The van der Waals surface area contributed by atoms with Crippen LogP contribution in [0.3, 0.4) is 0 Å². The first-order valence-electron chi connectivity index (χ1n) is 8.71. The number of benzene rings is 2. The SMILES string of the molecule is Nc1nonc1-c1ccc(CC2CCN(Cc3ccccc3)C2)cc1. The minimum atomic E-state index is 0.333. The molecule has 1 atom stereocenters. The molecule has 0 saturated carbocycles. The molecule has 5 nitrogen and oxygen atoms in total. The number of hydrogen-bond acceptors (Lipinski definition) is 5. The molecular formula is C20H22N4O. The lowest BCUT2D eigenvalue weighted by Gasteiger charge is -2.16. The topological polar surface area (TPSA) is 68.2 Å². The van der Waals surface area contributed by atoms with Crippen LogP contribution in [-0.2, 0) is 13.0 Å². The van der Waals surface area contributed by atoms with Gasteiger partial charge in [0, 0.05) is 18.7 Å². The standard InChI is InChI=1S/C20H22N4O/c21-20-19(22-25-23-20)18-8-6-15(7-9-18)12-17-10-11-24(14-17)13-16-4-2-1-3-5-16/h1-9,17H,10-14H2,(H2,21,23). The summed E-state index contributed by atoms with van der Waals surface area (Å²) in [6, 6.07) is 19.1. The predicted octanol–water partition coefficient (Wildman–Crippen LogP) is 3.38. The molecule has 3 aromatic rings. The fraction of sp³-hybridized carbons (Fsp3) is 0.300. The minimum Gasteiger partial charge on any atom is -0.379 e. The average molecular weight is 334 g/mol. The summed E-state index contributed by atoms with van der Waals surface area (Å²) in [5, 5.41) is 7.48. The smallest absolute Gasteiger partial charge is 0.196 e. The van der Waals surface area contributed by atoms with Gasteiger partial charge in [-0.1, -0.05) is 54.6 Å². The van der Waals surface area contributed by atoms with Crippen molar-refractivity contribution in [1.82, 2.24) is 15.2 Å². The van der Waals surface area contributed by atoms with Gasteiger partial charge in [0.05, 0.1) is 0 Å². The van der Waals surface area contributed by atoms with Crippen LogP contribution in [0.5, 0.6) is 0 Å². The van der Waals surface area contributed by atoms with E-state index in [-0.39, 0.29) is 0 Å². The number of rotatable bonds is 5. The molecule has 0 aliphatic carbocycles. The van der Waals surface area contributed by atoms with E-state index in [4.69, 9.17) is 5.73 Å². The van der Waals surface area contributed by atoms with E-state index in [0.717, 1.165) is 25.1 Å². The largest absolute Gasteiger partial charge is 0.379 e. The van der Waals surface area contributed by atoms with E-state index in [1.165, 1.54) is 24.1 Å². The van der Waals surface area contributed by atoms with E-state index in [0.29, 0.717) is 17.4 Å². The number of hydrogen-bond donors (Lipinski definition) is 1. The Balaban J connectivity index is 1.34. The van der Waals surface area contributed by atoms with E-state index >= 15 is 0 Å². The zero-order valence-electron chi connectivity index (χ0n) is 14.1. The first-order valence-corrected chi connectivity index (χ1v) is 8.71. The van der Waals surface area contributed by atoms with Crippen molar-refractivity contribution < 1.29 is 4.63 Å². The Bertz CT molecular complexity index is 813. The van der Waals surface area contributed by atoms with Crippen molar-refractivity contribution in [3.63, 3.8) is 0 Å². The van der Waals surface area contributed by atoms with Crippen molar-refractivity contribution in [1.29, 1.82) is 0 Å². The van der Waals surface area contributed by atoms with Gasteiger partial charge in [0.2, 0.25) is 0 Å². The van der Waals surface area contributed by atoms with Crippen LogP contribution in [0.2, 0.25) is 0 Å². The first kappa shape index (κ1) is 15.8. The molecule has 0 bridgehead atoms. The molecule has 1 fully saturated rings. The summed E-state index contributed by atoms with van der Waals surface area (Å²) in [5.41, 5.74) is 10.1. The molecule has 1 saturated heterocycles. The average Bonchev–Trinajstić information content (AvgIpc) is 3.26. The van der Waals surface area contributed by atoms with E-state index in [2.05, 4.69) is 62.3 Å². The molecule has 0 amide bonds. The van der Waals surface area contributed by atoms with Crippen LogP contribution in [0.4, 0.5) is 5.82 Å². The normalized spacial score (nSPS) is 17.8. The molecule has 2 heterocycles. The Hall–Kier alpha value is -2.66. The van der Waals surface area contributed by atoms with Crippen LogP contribution in [0.25, 0.3) is 11.3 Å². The third-order valence-electron chi connectivity index (χ3n) is 4.88. The molecule has 1 unspecified atom stereocenters. The highest BCUT2D eigenvalue weighted by Crippen LogP contribution is 2.25. The van der Waals surface area contributed by atoms with Crippen LogP contribution >= 0.6 is 0 Å². The highest BCUT2D eigenvalue weighted by Gasteiger charge is 2.22. The number of anilines is 1. The molecule has 1 aliphatic heterocycles. The monoisotopic (exact) mass is 334 g/mol. The summed E-state index contributed by atoms with van der Waals surface area (Å²) in [6.07, 6.45) is 2.37. The van der Waals surface area contributed by atoms with Gasteiger partial charge in [0.15, 0.2) is 11.5 Å². The van der Waals surface area contributed by atoms with Gasteiger partial charge >= 0.3 is 0 Å². The van der Waals surface area contributed by atoms with Crippen molar-refractivity contribution in [3.05, 3.63) is 65.7 Å². The van der Waals surface area contributed by atoms with Crippen LogP contribution in [0.15, 0.2) is 59.2 Å². The molecule has 4 rings (SSSR count). The van der Waals surface area contributed by atoms with Crippen molar-refractivity contribution in [2.45, 2.75) is 19.4 Å². The minimum absolute atomic E-state index is 0.333. The molecule has 128 valence electrons. The number of nitrogens with two attached hydrogens (primary N) is 1. The second-order valence-corrected chi connectivity index (χ2v) is 6.77. The number of nitrogen functional groups attached to an aromatic ring is 1. The van der Waals surface area contributed by atoms with E-state index in [1.807, 2.05) is 12.1 Å². The lowest BCUT2D eigenvalue weighted by Crippen LogP contribution is -2.20. The molecular weight excluding hydrogens is 312 g/mol. The van der Waals surface area contributed by atoms with Gasteiger partial charge in [-0.15, -0.1) is 0 Å². The first-order chi connectivity index (χ1) is 12.3. The van der Waals surface area contributed by atoms with Gasteiger partial charge in [-0.2, -0.15) is 0 Å². The molecule has 1 aliphatic rings. The van der Waals surface area contributed by atoms with Crippen molar-refractivity contribution >= 4 is 5.82 Å². The Labute approximate surface area is 147 Å². The fourth-order valence-electron chi connectivity index (χ4n) is 3.59. The van der Waals surface area contributed by atoms with Crippen LogP contribution < -0.4 is 5.73 Å². The second kappa shape index (κ2) is 7.07. The summed E-state index contributed by atoms with van der Waals surface area (Å²) >= 11 is 0. The molecule has 0 radical (unpaired) electrons. The molecule has 0 spiro atoms. The molecule has 2 N–H and O–H groups in total. The summed E-state index contributed by atoms with van der Waals surface area (Å²) < 4.78 is 4.67. The highest BCUT2D eigenvalue weighted by atomic mass is 16.6. The van der Waals surface area contributed by atoms with Gasteiger partial charge in [-0.25, -0.2) is 4.63 Å². The maximum atomic E-state index is 5.75. The maximum Gasteiger partial charge on any atom is 0.196 e. The molecule has 25 heavy (non-hydrogen) atoms. The third kappa shape index (κ3) is 3.72. The Morgan fingerprint density at radius 3 is 2.52 bits per heavy atom. The van der Waals surface area contributed by atoms with Gasteiger partial charge in [0.25, 0.3) is 0 Å². The predicted molar refractivity (Wildman–Crippen MR) is 97.7 cm³/mol. The van der Waals surface area contributed by atoms with Gasteiger partial charge < -0.3 is 5.73 Å². The van der Waals surface area contributed by atoms with E-state index in [9.17, 15) is 0 Å². The quantitative estimate of drug-likeness (QED) is 0.774. The summed E-state index contributed by atoms with van der Waals surface area (Å²) in [6.45, 7) is 3.39. The zero-order chi connectivity index (χ0) is 17.1. The molecule has 1 aromatic heterocycles. The van der Waals surface area contributed by atoms with E-state index < -0.39 is 0 Å². The second-order valence-electron chi connectivity index (χ2n) is 6.77. The number of nitrogens with zero attached hydrogens (tertiary/aromatic N) is 3. The van der Waals surface area contributed by atoms with Crippen molar-refractivity contribution in [3.8, 4) is 11.3 Å². The Morgan fingerprint density at radius 2 is 1.80 bits per heavy atom. The van der Waals surface area contributed by atoms with Gasteiger partial charge in [-0.05, 0) is 46.7 Å². The lowest BCUT2D eigenvalue weighted by molar-refractivity contribution is 0.310. The van der Waals surface area contributed by atoms with Crippen LogP contribution in [-0.4, -0.2) is 28.3 Å². The lowest BCUT2D eigenvalue weighted by atomic mass is 9.97. The number of likely N-dealkylation sites (tertiary alicyclic amines) is 1. The summed E-state index contributed by atoms with van der Waals surface area (Å²) in [7, 11) is 0. The third-order valence-corrected chi connectivity index (χ3v) is 4.88. The van der Waals surface area contributed by atoms with Crippen LogP contribution in [0.1, 0.15) is 17.5 Å². The van der Waals surface area contributed by atoms with E-state index in [1.54, 1.807) is 0 Å². The fourth-order valence-corrected chi connectivity index (χ4v) is 3.59. The zero-order valence-corrected chi connectivity index (χ0v) is 14.1. The van der Waals surface area contributed by atoms with Crippen molar-refractivity contribution in [2.24, 2.45) is 5.92 Å². The number of aromatic nitrogens is 2. The Kier molecular flexibility index (Phi) is 4.48. The van der Waals surface area contributed by atoms with Crippen LogP contribution in [0, 0.1) is 5.92 Å². The summed E-state index contributed by atoms with van der Waals surface area (Å²) in [5.74, 6) is 1.05. The molecule has 2 aromatic carbocycles.